The van der Waals surface area contributed by atoms with Crippen LogP contribution >= 0.6 is 11.6 Å². The molecule has 0 aliphatic carbocycles. The number of hydrogen-bond acceptors (Lipinski definition) is 5. The number of halogens is 1. The van der Waals surface area contributed by atoms with E-state index in [1.54, 1.807) is 24.3 Å². The van der Waals surface area contributed by atoms with Crippen molar-refractivity contribution < 1.29 is 9.59 Å². The lowest BCUT2D eigenvalue weighted by Gasteiger charge is -2.24. The molecule has 0 radical (unpaired) electrons. The molecule has 2 aromatic rings. The molecule has 33 heavy (non-hydrogen) atoms. The lowest BCUT2D eigenvalue weighted by molar-refractivity contribution is -0.118. The van der Waals surface area contributed by atoms with Crippen LogP contribution in [0.2, 0.25) is 5.02 Å². The Bertz CT molecular complexity index is 1060. The van der Waals surface area contributed by atoms with Gasteiger partial charge >= 0.3 is 5.69 Å². The molecule has 4 N–H and O–H groups in total. The Kier molecular flexibility index (Phi) is 10.2. The van der Waals surface area contributed by atoms with Gasteiger partial charge in [0.05, 0.1) is 0 Å². The molecule has 0 unspecified atom stereocenters. The van der Waals surface area contributed by atoms with Crippen molar-refractivity contribution in [3.05, 3.63) is 55.7 Å². The molecule has 0 spiro atoms. The zero-order valence-corrected chi connectivity index (χ0v) is 19.9. The van der Waals surface area contributed by atoms with E-state index in [1.807, 2.05) is 13.8 Å². The maximum Gasteiger partial charge on any atom is 0.330 e. The first kappa shape index (κ1) is 26.2. The van der Waals surface area contributed by atoms with Crippen molar-refractivity contribution in [2.75, 3.05) is 23.7 Å². The fourth-order valence-corrected chi connectivity index (χ4v) is 3.46. The zero-order chi connectivity index (χ0) is 24.4. The van der Waals surface area contributed by atoms with Crippen LogP contribution < -0.4 is 27.2 Å². The van der Waals surface area contributed by atoms with E-state index in [4.69, 9.17) is 17.3 Å². The van der Waals surface area contributed by atoms with Gasteiger partial charge in [-0.2, -0.15) is 0 Å². The lowest BCUT2D eigenvalue weighted by Crippen LogP contribution is -2.41. The molecule has 0 fully saturated rings. The molecule has 2 amide bonds. The van der Waals surface area contributed by atoms with Crippen LogP contribution in [0.25, 0.3) is 0 Å². The summed E-state index contributed by atoms with van der Waals surface area (Å²) in [7, 11) is 0. The monoisotopic (exact) mass is 477 g/mol. The number of nitrogens with zero attached hydrogens (tertiary/aromatic N) is 2. The summed E-state index contributed by atoms with van der Waals surface area (Å²) in [6.45, 7) is 4.92. The molecular weight excluding hydrogens is 446 g/mol. The summed E-state index contributed by atoms with van der Waals surface area (Å²) in [5.74, 6) is -0.551. The molecule has 0 bridgehead atoms. The molecule has 1 aromatic heterocycles. The number of nitrogens with one attached hydrogen (secondary N) is 2. The number of rotatable bonds is 12. The lowest BCUT2D eigenvalue weighted by atomic mass is 10.2. The Balaban J connectivity index is 2.10. The summed E-state index contributed by atoms with van der Waals surface area (Å²) in [5.41, 5.74) is 5.42. The minimum Gasteiger partial charge on any atom is -0.383 e. The van der Waals surface area contributed by atoms with Crippen molar-refractivity contribution >= 4 is 34.9 Å². The number of amides is 2. The highest BCUT2D eigenvalue weighted by Gasteiger charge is 2.23. The third-order valence-corrected chi connectivity index (χ3v) is 5.47. The molecular formula is C23H32ClN5O4. The second-order valence-electron chi connectivity index (χ2n) is 7.76. The molecule has 0 aliphatic heterocycles. The van der Waals surface area contributed by atoms with Crippen molar-refractivity contribution in [3.8, 4) is 0 Å². The summed E-state index contributed by atoms with van der Waals surface area (Å²) in [5, 5.41) is 3.31. The molecule has 0 saturated heterocycles. The molecule has 0 atom stereocenters. The van der Waals surface area contributed by atoms with E-state index >= 15 is 0 Å². The molecule has 1 heterocycles. The fraction of sp³-hybridized carbons (Fsp3) is 0.478. The van der Waals surface area contributed by atoms with Gasteiger partial charge in [-0.15, -0.1) is 0 Å². The number of nitrogens with two attached hydrogens (primary N) is 1. The minimum atomic E-state index is -0.675. The van der Waals surface area contributed by atoms with E-state index in [0.717, 1.165) is 12.8 Å². The van der Waals surface area contributed by atoms with Gasteiger partial charge in [0, 0.05) is 36.6 Å². The van der Waals surface area contributed by atoms with Gasteiger partial charge in [-0.3, -0.25) is 23.9 Å². The van der Waals surface area contributed by atoms with Crippen LogP contribution in [0.15, 0.2) is 33.9 Å². The number of aromatic amines is 1. The Morgan fingerprint density at radius 1 is 1.09 bits per heavy atom. The van der Waals surface area contributed by atoms with Gasteiger partial charge in [0.2, 0.25) is 5.91 Å². The molecule has 0 saturated carbocycles. The van der Waals surface area contributed by atoms with E-state index in [9.17, 15) is 19.2 Å². The molecule has 9 nitrogen and oxygen atoms in total. The fourth-order valence-electron chi connectivity index (χ4n) is 3.33. The number of anilines is 2. The largest absolute Gasteiger partial charge is 0.383 e. The maximum absolute atomic E-state index is 13.0. The van der Waals surface area contributed by atoms with Crippen molar-refractivity contribution in [2.45, 2.75) is 58.9 Å². The van der Waals surface area contributed by atoms with Gasteiger partial charge in [-0.1, -0.05) is 38.3 Å². The average Bonchev–Trinajstić information content (AvgIpc) is 2.78. The van der Waals surface area contributed by atoms with E-state index < -0.39 is 11.2 Å². The van der Waals surface area contributed by atoms with E-state index in [2.05, 4.69) is 10.3 Å². The van der Waals surface area contributed by atoms with E-state index in [1.165, 1.54) is 9.47 Å². The Morgan fingerprint density at radius 2 is 1.76 bits per heavy atom. The van der Waals surface area contributed by atoms with E-state index in [-0.39, 0.29) is 36.3 Å². The predicted molar refractivity (Wildman–Crippen MR) is 131 cm³/mol. The van der Waals surface area contributed by atoms with Crippen molar-refractivity contribution in [1.29, 1.82) is 0 Å². The van der Waals surface area contributed by atoms with Gasteiger partial charge in [0.15, 0.2) is 5.69 Å². The first-order valence-corrected chi connectivity index (χ1v) is 11.6. The summed E-state index contributed by atoms with van der Waals surface area (Å²) >= 11 is 5.83. The summed E-state index contributed by atoms with van der Waals surface area (Å²) in [6.07, 6.45) is 3.54. The van der Waals surface area contributed by atoms with Crippen LogP contribution in [0.4, 0.5) is 11.5 Å². The highest BCUT2D eigenvalue weighted by molar-refractivity contribution is 6.30. The number of aromatic nitrogens is 2. The van der Waals surface area contributed by atoms with Gasteiger partial charge in [0.25, 0.3) is 11.5 Å². The second-order valence-corrected chi connectivity index (χ2v) is 8.20. The smallest absolute Gasteiger partial charge is 0.330 e. The summed E-state index contributed by atoms with van der Waals surface area (Å²) in [4.78, 5) is 53.7. The van der Waals surface area contributed by atoms with Crippen LogP contribution in [0.3, 0.4) is 0 Å². The van der Waals surface area contributed by atoms with Crippen molar-refractivity contribution in [1.82, 2.24) is 14.9 Å². The van der Waals surface area contributed by atoms with Crippen molar-refractivity contribution in [3.63, 3.8) is 0 Å². The third kappa shape index (κ3) is 7.21. The predicted octanol–water partition coefficient (Wildman–Crippen LogP) is 2.92. The highest BCUT2D eigenvalue weighted by Crippen LogP contribution is 2.19. The van der Waals surface area contributed by atoms with Crippen LogP contribution in [0.5, 0.6) is 0 Å². The Labute approximate surface area is 197 Å². The first-order valence-electron chi connectivity index (χ1n) is 11.3. The second kappa shape index (κ2) is 12.8. The Morgan fingerprint density at radius 3 is 2.39 bits per heavy atom. The number of H-pyrrole nitrogens is 1. The standard InChI is InChI=1S/C23H32ClN5O4/c1-3-5-14-28(19-20(25)29(15-6-4-2)23(33)27-22(19)32)18(30)8-7-13-26-21(31)16-9-11-17(24)12-10-16/h9-12H,3-8,13-15,25H2,1-2H3,(H,26,31)(H,27,32,33). The zero-order valence-electron chi connectivity index (χ0n) is 19.2. The quantitative estimate of drug-likeness (QED) is 0.404. The topological polar surface area (TPSA) is 130 Å². The van der Waals surface area contributed by atoms with Crippen molar-refractivity contribution in [2.24, 2.45) is 0 Å². The number of unbranched alkanes of at least 4 members (excludes halogenated alkanes) is 2. The van der Waals surface area contributed by atoms with Gasteiger partial charge in [-0.05, 0) is 43.5 Å². The molecule has 2 rings (SSSR count). The molecule has 1 aromatic carbocycles. The Hall–Kier alpha value is -3.07. The normalized spacial score (nSPS) is 10.8. The minimum absolute atomic E-state index is 0.00213. The average molecular weight is 478 g/mol. The molecule has 0 aliphatic rings. The van der Waals surface area contributed by atoms with Gasteiger partial charge in [-0.25, -0.2) is 4.79 Å². The van der Waals surface area contributed by atoms with Crippen LogP contribution in [0.1, 0.15) is 62.7 Å². The maximum atomic E-state index is 13.0. The number of carbonyl (C=O) groups is 2. The summed E-state index contributed by atoms with van der Waals surface area (Å²) in [6, 6.07) is 6.51. The van der Waals surface area contributed by atoms with Gasteiger partial charge < -0.3 is 16.0 Å². The van der Waals surface area contributed by atoms with Gasteiger partial charge in [0.1, 0.15) is 5.82 Å². The number of benzene rings is 1. The van der Waals surface area contributed by atoms with Crippen LogP contribution in [-0.2, 0) is 11.3 Å². The number of nitrogen functional groups attached to an aromatic ring is 1. The highest BCUT2D eigenvalue weighted by atomic mass is 35.5. The third-order valence-electron chi connectivity index (χ3n) is 5.22. The van der Waals surface area contributed by atoms with Crippen LogP contribution in [0, 0.1) is 0 Å². The molecule has 180 valence electrons. The first-order chi connectivity index (χ1) is 15.8. The van der Waals surface area contributed by atoms with E-state index in [0.29, 0.717) is 42.9 Å². The van der Waals surface area contributed by atoms with Crippen LogP contribution in [-0.4, -0.2) is 34.5 Å². The summed E-state index contributed by atoms with van der Waals surface area (Å²) < 4.78 is 1.30. The molecule has 10 heteroatoms. The number of carbonyl (C=O) groups excluding carboxylic acids is 2. The SMILES string of the molecule is CCCCN(C(=O)CCCNC(=O)c1ccc(Cl)cc1)c1c(N)n(CCCC)c(=O)[nH]c1=O. The number of hydrogen-bond donors (Lipinski definition) is 3.